The van der Waals surface area contributed by atoms with E-state index in [0.717, 1.165) is 73.0 Å². The third-order valence-electron chi connectivity index (χ3n) is 5.66. The van der Waals surface area contributed by atoms with Gasteiger partial charge in [-0.1, -0.05) is 88.1 Å². The van der Waals surface area contributed by atoms with E-state index in [1.807, 2.05) is 66.7 Å². The summed E-state index contributed by atoms with van der Waals surface area (Å²) in [5, 5.41) is 0. The van der Waals surface area contributed by atoms with Gasteiger partial charge in [0.1, 0.15) is 12.4 Å². The van der Waals surface area contributed by atoms with Gasteiger partial charge < -0.3 is 14.2 Å². The second kappa shape index (κ2) is 14.1. The highest BCUT2D eigenvalue weighted by Gasteiger charge is 2.13. The molecule has 3 rings (SSSR count). The van der Waals surface area contributed by atoms with Gasteiger partial charge in [-0.2, -0.15) is 0 Å². The van der Waals surface area contributed by atoms with Crippen LogP contribution in [0.15, 0.2) is 66.7 Å². The van der Waals surface area contributed by atoms with Gasteiger partial charge in [0.05, 0.1) is 13.2 Å². The molecule has 0 aliphatic rings. The van der Waals surface area contributed by atoms with Crippen molar-refractivity contribution >= 4 is 6.29 Å². The van der Waals surface area contributed by atoms with Crippen LogP contribution >= 0.6 is 0 Å². The summed E-state index contributed by atoms with van der Waals surface area (Å²) in [4.78, 5) is 11.7. The Balaban J connectivity index is 1.77. The van der Waals surface area contributed by atoms with E-state index in [4.69, 9.17) is 14.2 Å². The summed E-state index contributed by atoms with van der Waals surface area (Å²) in [6.07, 6.45) is 7.55. The second-order valence-electron chi connectivity index (χ2n) is 8.39. The Labute approximate surface area is 203 Å². The summed E-state index contributed by atoms with van der Waals surface area (Å²) in [5.74, 6) is 2.23. The van der Waals surface area contributed by atoms with Gasteiger partial charge in [-0.05, 0) is 42.2 Å². The first-order valence-electron chi connectivity index (χ1n) is 12.4. The van der Waals surface area contributed by atoms with Gasteiger partial charge in [-0.15, -0.1) is 0 Å². The van der Waals surface area contributed by atoms with Gasteiger partial charge in [-0.3, -0.25) is 4.79 Å². The van der Waals surface area contributed by atoms with Gasteiger partial charge in [-0.25, -0.2) is 0 Å². The van der Waals surface area contributed by atoms with Crippen molar-refractivity contribution in [3.8, 4) is 28.4 Å². The fraction of sp³-hybridized carbons (Fsp3) is 0.367. The molecule has 0 spiro atoms. The summed E-state index contributed by atoms with van der Waals surface area (Å²) in [6.45, 7) is 6.09. The van der Waals surface area contributed by atoms with Crippen LogP contribution in [0.3, 0.4) is 0 Å². The topological polar surface area (TPSA) is 44.8 Å². The fourth-order valence-corrected chi connectivity index (χ4v) is 3.78. The van der Waals surface area contributed by atoms with Crippen molar-refractivity contribution in [2.45, 2.75) is 59.0 Å². The van der Waals surface area contributed by atoms with Gasteiger partial charge in [0.25, 0.3) is 0 Å². The Hall–Kier alpha value is -3.27. The second-order valence-corrected chi connectivity index (χ2v) is 8.39. The van der Waals surface area contributed by atoms with Crippen molar-refractivity contribution in [1.29, 1.82) is 0 Å². The number of carbonyl (C=O) groups is 1. The molecule has 0 fully saturated rings. The Morgan fingerprint density at radius 2 is 1.38 bits per heavy atom. The molecule has 0 N–H and O–H groups in total. The third-order valence-corrected chi connectivity index (χ3v) is 5.66. The van der Waals surface area contributed by atoms with Gasteiger partial charge in [0.2, 0.25) is 0 Å². The van der Waals surface area contributed by atoms with Crippen LogP contribution in [-0.4, -0.2) is 19.5 Å². The predicted molar refractivity (Wildman–Crippen MR) is 138 cm³/mol. The summed E-state index contributed by atoms with van der Waals surface area (Å²) >= 11 is 0. The standard InChI is InChI=1S/C30H36O4/c1-3-5-10-19-32-27-18-17-24(21-29(27)33-20-11-6-4-2)23-34-28-16-12-15-26(22-31)30(28)25-13-8-7-9-14-25/h7-9,12-18,21-22H,3-6,10-11,19-20,23H2,1-2H3. The van der Waals surface area contributed by atoms with Crippen LogP contribution in [0.4, 0.5) is 0 Å². The van der Waals surface area contributed by atoms with Crippen LogP contribution in [0, 0.1) is 0 Å². The molecular weight excluding hydrogens is 424 g/mol. The first kappa shape index (κ1) is 25.4. The molecule has 0 heterocycles. The summed E-state index contributed by atoms with van der Waals surface area (Å²) < 4.78 is 18.3. The normalized spacial score (nSPS) is 10.6. The molecule has 0 saturated carbocycles. The Morgan fingerprint density at radius 3 is 2.06 bits per heavy atom. The van der Waals surface area contributed by atoms with E-state index in [0.29, 0.717) is 31.1 Å². The van der Waals surface area contributed by atoms with Crippen molar-refractivity contribution in [2.75, 3.05) is 13.2 Å². The number of hydrogen-bond donors (Lipinski definition) is 0. The maximum atomic E-state index is 11.7. The van der Waals surface area contributed by atoms with Crippen molar-refractivity contribution in [3.05, 3.63) is 77.9 Å². The lowest BCUT2D eigenvalue weighted by Gasteiger charge is -2.16. The van der Waals surface area contributed by atoms with Crippen LogP contribution in [0.25, 0.3) is 11.1 Å². The molecule has 0 saturated heterocycles. The van der Waals surface area contributed by atoms with E-state index in [1.54, 1.807) is 0 Å². The van der Waals surface area contributed by atoms with E-state index in [2.05, 4.69) is 13.8 Å². The number of unbranched alkanes of at least 4 members (excludes halogenated alkanes) is 4. The Kier molecular flexibility index (Phi) is 10.5. The quantitative estimate of drug-likeness (QED) is 0.171. The van der Waals surface area contributed by atoms with Crippen molar-refractivity contribution in [2.24, 2.45) is 0 Å². The number of carbonyl (C=O) groups excluding carboxylic acids is 1. The molecule has 0 aliphatic carbocycles. The van der Waals surface area contributed by atoms with Crippen molar-refractivity contribution < 1.29 is 19.0 Å². The first-order chi connectivity index (χ1) is 16.8. The first-order valence-corrected chi connectivity index (χ1v) is 12.4. The molecule has 0 unspecified atom stereocenters. The van der Waals surface area contributed by atoms with E-state index in [-0.39, 0.29) is 0 Å². The number of rotatable bonds is 15. The molecule has 34 heavy (non-hydrogen) atoms. The zero-order valence-corrected chi connectivity index (χ0v) is 20.4. The molecule has 4 nitrogen and oxygen atoms in total. The van der Waals surface area contributed by atoms with E-state index in [1.165, 1.54) is 0 Å². The molecule has 0 aromatic heterocycles. The highest BCUT2D eigenvalue weighted by atomic mass is 16.5. The summed E-state index contributed by atoms with van der Waals surface area (Å²) in [5.41, 5.74) is 3.36. The minimum Gasteiger partial charge on any atom is -0.490 e. The Morgan fingerprint density at radius 1 is 0.676 bits per heavy atom. The van der Waals surface area contributed by atoms with Crippen molar-refractivity contribution in [1.82, 2.24) is 0 Å². The van der Waals surface area contributed by atoms with Gasteiger partial charge in [0.15, 0.2) is 17.8 Å². The van der Waals surface area contributed by atoms with E-state index in [9.17, 15) is 4.79 Å². The minimum absolute atomic E-state index is 0.365. The molecular formula is C30H36O4. The predicted octanol–water partition coefficient (Wildman–Crippen LogP) is 7.88. The SMILES string of the molecule is CCCCCOc1ccc(COc2cccc(C=O)c2-c2ccccc2)cc1OCCCCC. The van der Waals surface area contributed by atoms with Crippen LogP contribution in [0.2, 0.25) is 0 Å². The van der Waals surface area contributed by atoms with E-state index < -0.39 is 0 Å². The smallest absolute Gasteiger partial charge is 0.161 e. The van der Waals surface area contributed by atoms with E-state index >= 15 is 0 Å². The third kappa shape index (κ3) is 7.38. The van der Waals surface area contributed by atoms with Crippen LogP contribution in [-0.2, 0) is 6.61 Å². The average Bonchev–Trinajstić information content (AvgIpc) is 2.89. The van der Waals surface area contributed by atoms with Crippen LogP contribution < -0.4 is 14.2 Å². The molecule has 0 amide bonds. The maximum absolute atomic E-state index is 11.7. The summed E-state index contributed by atoms with van der Waals surface area (Å²) in [7, 11) is 0. The number of aldehydes is 1. The molecule has 0 atom stereocenters. The maximum Gasteiger partial charge on any atom is 0.161 e. The van der Waals surface area contributed by atoms with Gasteiger partial charge >= 0.3 is 0 Å². The number of ether oxygens (including phenoxy) is 3. The monoisotopic (exact) mass is 460 g/mol. The highest BCUT2D eigenvalue weighted by molar-refractivity contribution is 5.90. The zero-order valence-electron chi connectivity index (χ0n) is 20.4. The number of hydrogen-bond acceptors (Lipinski definition) is 4. The lowest BCUT2D eigenvalue weighted by atomic mass is 9.99. The van der Waals surface area contributed by atoms with Crippen LogP contribution in [0.1, 0.15) is 68.3 Å². The molecule has 0 bridgehead atoms. The van der Waals surface area contributed by atoms with Gasteiger partial charge in [0, 0.05) is 11.1 Å². The molecule has 180 valence electrons. The lowest BCUT2D eigenvalue weighted by molar-refractivity contribution is 0.112. The highest BCUT2D eigenvalue weighted by Crippen LogP contribution is 2.34. The Bertz CT molecular complexity index is 1010. The molecule has 0 aliphatic heterocycles. The largest absolute Gasteiger partial charge is 0.490 e. The van der Waals surface area contributed by atoms with Crippen LogP contribution in [0.5, 0.6) is 17.2 Å². The lowest BCUT2D eigenvalue weighted by Crippen LogP contribution is -2.04. The van der Waals surface area contributed by atoms with Crippen molar-refractivity contribution in [3.63, 3.8) is 0 Å². The molecule has 0 radical (unpaired) electrons. The molecule has 3 aromatic rings. The minimum atomic E-state index is 0.365. The summed E-state index contributed by atoms with van der Waals surface area (Å²) in [6, 6.07) is 21.4. The average molecular weight is 461 g/mol. The zero-order chi connectivity index (χ0) is 24.0. The fourth-order valence-electron chi connectivity index (χ4n) is 3.78. The molecule has 4 heteroatoms. The number of benzene rings is 3. The molecule has 3 aromatic carbocycles.